The van der Waals surface area contributed by atoms with Crippen LogP contribution in [0.3, 0.4) is 0 Å². The highest BCUT2D eigenvalue weighted by Gasteiger charge is 2.13. The summed E-state index contributed by atoms with van der Waals surface area (Å²) in [5, 5.41) is 3.71. The van der Waals surface area contributed by atoms with Crippen LogP contribution in [0.25, 0.3) is 5.69 Å². The lowest BCUT2D eigenvalue weighted by Crippen LogP contribution is -2.24. The molecule has 2 aromatic heterocycles. The largest absolute Gasteiger partial charge is 0.306 e. The van der Waals surface area contributed by atoms with Crippen molar-refractivity contribution >= 4 is 0 Å². The van der Waals surface area contributed by atoms with Crippen molar-refractivity contribution in [2.45, 2.75) is 32.4 Å². The monoisotopic (exact) mass is 306 g/mol. The Labute approximate surface area is 137 Å². The summed E-state index contributed by atoms with van der Waals surface area (Å²) in [5.74, 6) is 0. The second-order valence-electron chi connectivity index (χ2n) is 5.69. The van der Waals surface area contributed by atoms with Gasteiger partial charge in [-0.25, -0.2) is 4.98 Å². The average molecular weight is 306 g/mol. The van der Waals surface area contributed by atoms with Crippen molar-refractivity contribution in [2.75, 3.05) is 0 Å². The molecule has 1 N–H and O–H groups in total. The van der Waals surface area contributed by atoms with Gasteiger partial charge in [-0.3, -0.25) is 4.98 Å². The first kappa shape index (κ1) is 15.4. The molecule has 0 fully saturated rings. The summed E-state index contributed by atoms with van der Waals surface area (Å²) in [4.78, 5) is 8.18. The van der Waals surface area contributed by atoms with Gasteiger partial charge in [0.2, 0.25) is 0 Å². The molecule has 4 heteroatoms. The van der Waals surface area contributed by atoms with Crippen LogP contribution in [0.15, 0.2) is 67.5 Å². The highest BCUT2D eigenvalue weighted by atomic mass is 15.0. The van der Waals surface area contributed by atoms with Crippen LogP contribution in [-0.2, 0) is 0 Å². The molecule has 2 heterocycles. The maximum atomic E-state index is 4.10. The molecule has 0 spiro atoms. The Kier molecular flexibility index (Phi) is 4.83. The van der Waals surface area contributed by atoms with Crippen molar-refractivity contribution in [3.8, 4) is 5.69 Å². The first-order chi connectivity index (χ1) is 11.3. The average Bonchev–Trinajstić information content (AvgIpc) is 3.15. The SMILES string of the molecule is CCC(NC(C)c1ccc(-n2ccnc2)cc1)c1ccncc1. The fourth-order valence-electron chi connectivity index (χ4n) is 2.79. The van der Waals surface area contributed by atoms with Crippen LogP contribution in [-0.4, -0.2) is 14.5 Å². The second kappa shape index (κ2) is 7.20. The fraction of sp³-hybridized carbons (Fsp3) is 0.263. The third-order valence-corrected chi connectivity index (χ3v) is 4.16. The molecule has 0 amide bonds. The van der Waals surface area contributed by atoms with Crippen LogP contribution in [0.1, 0.15) is 43.5 Å². The lowest BCUT2D eigenvalue weighted by atomic mass is 10.0. The van der Waals surface area contributed by atoms with E-state index in [-0.39, 0.29) is 6.04 Å². The molecule has 118 valence electrons. The van der Waals surface area contributed by atoms with Crippen LogP contribution in [0.2, 0.25) is 0 Å². The number of nitrogens with one attached hydrogen (secondary N) is 1. The van der Waals surface area contributed by atoms with Gasteiger partial charge in [0.05, 0.1) is 6.33 Å². The van der Waals surface area contributed by atoms with Crippen molar-refractivity contribution < 1.29 is 0 Å². The van der Waals surface area contributed by atoms with Gasteiger partial charge >= 0.3 is 0 Å². The molecular formula is C19H22N4. The van der Waals surface area contributed by atoms with Crippen molar-refractivity contribution in [3.63, 3.8) is 0 Å². The molecule has 3 rings (SSSR count). The molecule has 0 aliphatic carbocycles. The summed E-state index contributed by atoms with van der Waals surface area (Å²) in [7, 11) is 0. The number of benzene rings is 1. The van der Waals surface area contributed by atoms with Crippen LogP contribution in [0, 0.1) is 0 Å². The number of hydrogen-bond acceptors (Lipinski definition) is 3. The van der Waals surface area contributed by atoms with E-state index < -0.39 is 0 Å². The van der Waals surface area contributed by atoms with Crippen molar-refractivity contribution in [1.82, 2.24) is 19.9 Å². The molecule has 0 saturated heterocycles. The summed E-state index contributed by atoms with van der Waals surface area (Å²) in [6.07, 6.45) is 10.3. The van der Waals surface area contributed by atoms with E-state index in [0.717, 1.165) is 12.1 Å². The molecule has 23 heavy (non-hydrogen) atoms. The third-order valence-electron chi connectivity index (χ3n) is 4.16. The van der Waals surface area contributed by atoms with Crippen LogP contribution >= 0.6 is 0 Å². The van der Waals surface area contributed by atoms with E-state index in [0.29, 0.717) is 6.04 Å². The number of imidazole rings is 1. The van der Waals surface area contributed by atoms with Crippen molar-refractivity contribution in [3.05, 3.63) is 78.6 Å². The Balaban J connectivity index is 1.71. The molecule has 3 aromatic rings. The quantitative estimate of drug-likeness (QED) is 0.746. The minimum Gasteiger partial charge on any atom is -0.306 e. The number of pyridine rings is 1. The zero-order valence-corrected chi connectivity index (χ0v) is 13.6. The van der Waals surface area contributed by atoms with E-state index in [1.807, 2.05) is 29.5 Å². The van der Waals surface area contributed by atoms with E-state index in [2.05, 4.69) is 65.5 Å². The smallest absolute Gasteiger partial charge is 0.0991 e. The van der Waals surface area contributed by atoms with Gasteiger partial charge in [0.1, 0.15) is 0 Å². The van der Waals surface area contributed by atoms with E-state index in [1.165, 1.54) is 11.1 Å². The Morgan fingerprint density at radius 3 is 2.30 bits per heavy atom. The first-order valence-corrected chi connectivity index (χ1v) is 8.02. The van der Waals surface area contributed by atoms with Crippen molar-refractivity contribution in [2.24, 2.45) is 0 Å². The first-order valence-electron chi connectivity index (χ1n) is 8.02. The number of hydrogen-bond donors (Lipinski definition) is 1. The number of rotatable bonds is 6. The number of aromatic nitrogens is 3. The molecule has 2 unspecified atom stereocenters. The van der Waals surface area contributed by atoms with Gasteiger partial charge < -0.3 is 9.88 Å². The third kappa shape index (κ3) is 3.66. The van der Waals surface area contributed by atoms with Gasteiger partial charge in [-0.15, -0.1) is 0 Å². The Morgan fingerprint density at radius 1 is 0.957 bits per heavy atom. The summed E-state index contributed by atoms with van der Waals surface area (Å²) in [6, 6.07) is 13.4. The van der Waals surface area contributed by atoms with Gasteiger partial charge in [0.15, 0.2) is 0 Å². The normalized spacial score (nSPS) is 13.7. The molecule has 4 nitrogen and oxygen atoms in total. The van der Waals surface area contributed by atoms with Crippen molar-refractivity contribution in [1.29, 1.82) is 0 Å². The lowest BCUT2D eigenvalue weighted by Gasteiger charge is -2.23. The molecule has 0 bridgehead atoms. The lowest BCUT2D eigenvalue weighted by molar-refractivity contribution is 0.456. The summed E-state index contributed by atoms with van der Waals surface area (Å²) in [5.41, 5.74) is 3.69. The highest BCUT2D eigenvalue weighted by molar-refractivity contribution is 5.35. The molecule has 0 aliphatic rings. The second-order valence-corrected chi connectivity index (χ2v) is 5.69. The minimum absolute atomic E-state index is 0.282. The molecule has 0 saturated carbocycles. The summed E-state index contributed by atoms with van der Waals surface area (Å²) in [6.45, 7) is 4.41. The predicted octanol–water partition coefficient (Wildman–Crippen LogP) is 4.07. The van der Waals surface area contributed by atoms with E-state index in [9.17, 15) is 0 Å². The Morgan fingerprint density at radius 2 is 1.70 bits per heavy atom. The van der Waals surface area contributed by atoms with Gasteiger partial charge in [0, 0.05) is 42.6 Å². The highest BCUT2D eigenvalue weighted by Crippen LogP contribution is 2.22. The van der Waals surface area contributed by atoms with Crippen LogP contribution < -0.4 is 5.32 Å². The Hall–Kier alpha value is -2.46. The zero-order valence-electron chi connectivity index (χ0n) is 13.6. The maximum Gasteiger partial charge on any atom is 0.0991 e. The predicted molar refractivity (Wildman–Crippen MR) is 92.4 cm³/mol. The summed E-state index contributed by atoms with van der Waals surface area (Å²) >= 11 is 0. The molecule has 1 aromatic carbocycles. The van der Waals surface area contributed by atoms with E-state index in [4.69, 9.17) is 0 Å². The Bertz CT molecular complexity index is 705. The zero-order chi connectivity index (χ0) is 16.1. The van der Waals surface area contributed by atoms with Gasteiger partial charge in [-0.2, -0.15) is 0 Å². The van der Waals surface area contributed by atoms with Crippen LogP contribution in [0.5, 0.6) is 0 Å². The molecule has 0 radical (unpaired) electrons. The fourth-order valence-corrected chi connectivity index (χ4v) is 2.79. The van der Waals surface area contributed by atoms with E-state index in [1.54, 1.807) is 6.20 Å². The van der Waals surface area contributed by atoms with Gasteiger partial charge in [-0.05, 0) is 48.7 Å². The maximum absolute atomic E-state index is 4.10. The minimum atomic E-state index is 0.282. The molecule has 0 aliphatic heterocycles. The topological polar surface area (TPSA) is 42.7 Å². The standard InChI is InChI=1S/C19H22N4/c1-3-19(17-8-10-20-11-9-17)22-15(2)16-4-6-18(7-5-16)23-13-12-21-14-23/h4-15,19,22H,3H2,1-2H3. The van der Waals surface area contributed by atoms with Crippen LogP contribution in [0.4, 0.5) is 0 Å². The van der Waals surface area contributed by atoms with E-state index >= 15 is 0 Å². The van der Waals surface area contributed by atoms with Gasteiger partial charge in [0.25, 0.3) is 0 Å². The van der Waals surface area contributed by atoms with Gasteiger partial charge in [-0.1, -0.05) is 19.1 Å². The molecular weight excluding hydrogens is 284 g/mol. The number of nitrogens with zero attached hydrogens (tertiary/aromatic N) is 3. The molecule has 2 atom stereocenters. The summed E-state index contributed by atoms with van der Waals surface area (Å²) < 4.78 is 2.01.